The van der Waals surface area contributed by atoms with Gasteiger partial charge in [0.15, 0.2) is 11.8 Å². The van der Waals surface area contributed by atoms with E-state index < -0.39 is 22.7 Å². The Labute approximate surface area is 256 Å². The molecule has 0 radical (unpaired) electrons. The fourth-order valence-corrected chi connectivity index (χ4v) is 8.63. The van der Waals surface area contributed by atoms with Crippen molar-refractivity contribution in [3.8, 4) is 0 Å². The van der Waals surface area contributed by atoms with Gasteiger partial charge in [-0.25, -0.2) is 4.99 Å². The quantitative estimate of drug-likeness (QED) is 0.267. The second kappa shape index (κ2) is 9.42. The van der Waals surface area contributed by atoms with Crippen LogP contribution in [0.2, 0.25) is 5.02 Å². The minimum Gasteiger partial charge on any atom is -0.483 e. The number of nitrogens with zero attached hydrogens (tertiary/aromatic N) is 3. The standard InChI is InChI=1S/C35H34ClN3O4/c1-33(2)28-18-34-20-43-30(23-12-8-5-9-13-23)39(34)32(40)35(28,37-31(34)41-3)17-26-25-15-14-24(36)16-27(25)38(29(26)33)21-42-19-22-10-6-4-7-11-22/h4-16,28,30H,17-21H2,1-3H3/t28-,30-,34+,35-/m0/s1. The average molecular weight is 596 g/mol. The van der Waals surface area contributed by atoms with Crippen LogP contribution in [0.1, 0.15) is 48.9 Å². The fourth-order valence-electron chi connectivity index (χ4n) is 8.47. The molecule has 220 valence electrons. The van der Waals surface area contributed by atoms with Gasteiger partial charge in [-0.05, 0) is 29.7 Å². The van der Waals surface area contributed by atoms with Gasteiger partial charge in [0.05, 0.1) is 25.8 Å². The zero-order valence-corrected chi connectivity index (χ0v) is 25.3. The molecule has 0 saturated carbocycles. The molecule has 0 N–H and O–H groups in total. The number of aliphatic imine (C=N–C) groups is 1. The molecule has 4 aromatic rings. The van der Waals surface area contributed by atoms with Crippen molar-refractivity contribution in [3.63, 3.8) is 0 Å². The highest BCUT2D eigenvalue weighted by Gasteiger charge is 2.74. The van der Waals surface area contributed by atoms with Crippen LogP contribution in [0, 0.1) is 5.92 Å². The predicted octanol–water partition coefficient (Wildman–Crippen LogP) is 6.42. The van der Waals surface area contributed by atoms with Gasteiger partial charge in [-0.1, -0.05) is 92.2 Å². The van der Waals surface area contributed by atoms with E-state index in [1.165, 1.54) is 5.69 Å². The van der Waals surface area contributed by atoms with Gasteiger partial charge in [-0.3, -0.25) is 9.69 Å². The summed E-state index contributed by atoms with van der Waals surface area (Å²) in [6.45, 7) is 5.74. The van der Waals surface area contributed by atoms with E-state index in [0.717, 1.165) is 27.6 Å². The Morgan fingerprint density at radius 1 is 1.05 bits per heavy atom. The van der Waals surface area contributed by atoms with Crippen molar-refractivity contribution in [1.82, 2.24) is 9.47 Å². The number of aromatic nitrogens is 1. The number of hydrogen-bond donors (Lipinski definition) is 0. The van der Waals surface area contributed by atoms with Crippen molar-refractivity contribution in [2.75, 3.05) is 13.7 Å². The first kappa shape index (κ1) is 26.9. The Kier molecular flexibility index (Phi) is 5.90. The van der Waals surface area contributed by atoms with Crippen LogP contribution in [0.25, 0.3) is 10.9 Å². The van der Waals surface area contributed by atoms with Crippen LogP contribution < -0.4 is 0 Å². The van der Waals surface area contributed by atoms with E-state index >= 15 is 0 Å². The number of methoxy groups -OCH3 is 1. The van der Waals surface area contributed by atoms with Gasteiger partial charge in [-0.15, -0.1) is 0 Å². The van der Waals surface area contributed by atoms with Gasteiger partial charge in [0.1, 0.15) is 12.3 Å². The van der Waals surface area contributed by atoms with Crippen molar-refractivity contribution in [2.45, 2.75) is 62.7 Å². The summed E-state index contributed by atoms with van der Waals surface area (Å²) in [4.78, 5) is 22.1. The Bertz CT molecular complexity index is 1790. The molecule has 3 aromatic carbocycles. The Morgan fingerprint density at radius 2 is 1.79 bits per heavy atom. The average Bonchev–Trinajstić information content (AvgIpc) is 3.55. The van der Waals surface area contributed by atoms with Gasteiger partial charge in [0.2, 0.25) is 5.90 Å². The maximum atomic E-state index is 14.9. The molecule has 2 fully saturated rings. The number of carbonyl (C=O) groups excluding carboxylic acids is 1. The minimum atomic E-state index is -1.01. The minimum absolute atomic E-state index is 0.0184. The number of benzene rings is 3. The van der Waals surface area contributed by atoms with E-state index in [2.05, 4.69) is 36.6 Å². The first-order valence-corrected chi connectivity index (χ1v) is 15.3. The molecule has 2 saturated heterocycles. The molecule has 4 aliphatic heterocycles. The summed E-state index contributed by atoms with van der Waals surface area (Å²) in [6, 6.07) is 26.2. The summed E-state index contributed by atoms with van der Waals surface area (Å²) in [7, 11) is 1.66. The maximum Gasteiger partial charge on any atom is 0.254 e. The van der Waals surface area contributed by atoms with Crippen LogP contribution in [0.4, 0.5) is 0 Å². The van der Waals surface area contributed by atoms with Crippen LogP contribution in [0.15, 0.2) is 83.9 Å². The predicted molar refractivity (Wildman–Crippen MR) is 165 cm³/mol. The SMILES string of the molecule is COC1=N[C@@]23Cc4c(n(COCc5ccccc5)c5cc(Cl)ccc45)C(C)(C)[C@@H]2C[C@@]12CO[C@@H](c1ccccc1)N2C3=O. The molecule has 1 amide bonds. The molecule has 9 rings (SSSR count). The summed E-state index contributed by atoms with van der Waals surface area (Å²) in [6.07, 6.45) is 0.692. The van der Waals surface area contributed by atoms with Crippen molar-refractivity contribution in [1.29, 1.82) is 0 Å². The van der Waals surface area contributed by atoms with Gasteiger partial charge >= 0.3 is 0 Å². The topological polar surface area (TPSA) is 65.3 Å². The second-order valence-electron chi connectivity index (χ2n) is 12.9. The third-order valence-electron chi connectivity index (χ3n) is 10.3. The normalized spacial score (nSPS) is 28.4. The lowest BCUT2D eigenvalue weighted by Gasteiger charge is -2.61. The molecular formula is C35H34ClN3O4. The van der Waals surface area contributed by atoms with Crippen molar-refractivity contribution >= 4 is 34.3 Å². The summed E-state index contributed by atoms with van der Waals surface area (Å²) < 4.78 is 21.0. The third-order valence-corrected chi connectivity index (χ3v) is 10.5. The third kappa shape index (κ3) is 3.62. The second-order valence-corrected chi connectivity index (χ2v) is 13.3. The lowest BCUT2D eigenvalue weighted by atomic mass is 9.52. The largest absolute Gasteiger partial charge is 0.483 e. The smallest absolute Gasteiger partial charge is 0.254 e. The van der Waals surface area contributed by atoms with Crippen molar-refractivity contribution < 1.29 is 19.0 Å². The summed E-state index contributed by atoms with van der Waals surface area (Å²) in [5.74, 6) is 0.546. The van der Waals surface area contributed by atoms with E-state index in [4.69, 9.17) is 30.8 Å². The molecule has 1 aromatic heterocycles. The summed E-state index contributed by atoms with van der Waals surface area (Å²) in [5, 5.41) is 1.74. The number of hydrogen-bond acceptors (Lipinski definition) is 5. The highest BCUT2D eigenvalue weighted by molar-refractivity contribution is 6.31. The van der Waals surface area contributed by atoms with Crippen molar-refractivity contribution in [3.05, 3.63) is 106 Å². The molecule has 4 atom stereocenters. The maximum absolute atomic E-state index is 14.9. The number of ether oxygens (including phenoxy) is 3. The number of piperidine rings is 1. The first-order valence-electron chi connectivity index (χ1n) is 14.9. The monoisotopic (exact) mass is 595 g/mol. The summed E-state index contributed by atoms with van der Waals surface area (Å²) in [5.41, 5.74) is 3.22. The highest BCUT2D eigenvalue weighted by atomic mass is 35.5. The zero-order chi connectivity index (χ0) is 29.6. The number of halogens is 1. The molecule has 0 unspecified atom stereocenters. The van der Waals surface area contributed by atoms with Crippen LogP contribution in [-0.2, 0) is 44.2 Å². The lowest BCUT2D eigenvalue weighted by molar-refractivity contribution is -0.161. The fraction of sp³-hybridized carbons (Fsp3) is 0.371. The molecule has 2 bridgehead atoms. The van der Waals surface area contributed by atoms with Gasteiger partial charge in [-0.2, -0.15) is 0 Å². The number of amides is 1. The number of carbonyl (C=O) groups is 1. The molecular weight excluding hydrogens is 562 g/mol. The highest BCUT2D eigenvalue weighted by Crippen LogP contribution is 2.62. The first-order chi connectivity index (χ1) is 20.8. The Balaban J connectivity index is 1.27. The van der Waals surface area contributed by atoms with Crippen LogP contribution in [0.5, 0.6) is 0 Å². The Morgan fingerprint density at radius 3 is 2.53 bits per heavy atom. The summed E-state index contributed by atoms with van der Waals surface area (Å²) >= 11 is 6.57. The zero-order valence-electron chi connectivity index (χ0n) is 24.5. The van der Waals surface area contributed by atoms with Gasteiger partial charge in [0, 0.05) is 39.4 Å². The van der Waals surface area contributed by atoms with E-state index in [9.17, 15) is 4.79 Å². The van der Waals surface area contributed by atoms with Crippen LogP contribution >= 0.6 is 11.6 Å². The van der Waals surface area contributed by atoms with E-state index in [1.54, 1.807) is 7.11 Å². The van der Waals surface area contributed by atoms with E-state index in [1.807, 2.05) is 65.6 Å². The van der Waals surface area contributed by atoms with E-state index in [0.29, 0.717) is 43.7 Å². The van der Waals surface area contributed by atoms with Gasteiger partial charge in [0.25, 0.3) is 5.91 Å². The molecule has 1 aliphatic carbocycles. The van der Waals surface area contributed by atoms with Gasteiger partial charge < -0.3 is 18.8 Å². The van der Waals surface area contributed by atoms with E-state index in [-0.39, 0.29) is 11.8 Å². The molecule has 5 heterocycles. The number of rotatable bonds is 5. The van der Waals surface area contributed by atoms with Crippen LogP contribution in [-0.4, -0.2) is 46.1 Å². The Hall–Kier alpha value is -3.65. The molecule has 5 aliphatic rings. The molecule has 8 heteroatoms. The van der Waals surface area contributed by atoms with Crippen molar-refractivity contribution in [2.24, 2.45) is 10.9 Å². The molecule has 43 heavy (non-hydrogen) atoms. The molecule has 7 nitrogen and oxygen atoms in total. The number of fused-ring (bicyclic) bond motifs is 3. The van der Waals surface area contributed by atoms with Crippen LogP contribution in [0.3, 0.4) is 0 Å². The molecule has 2 spiro atoms. The lowest BCUT2D eigenvalue weighted by Crippen LogP contribution is -2.76.